The summed E-state index contributed by atoms with van der Waals surface area (Å²) >= 11 is 0. The van der Waals surface area contributed by atoms with E-state index in [1.807, 2.05) is 48.5 Å². The molecule has 0 amide bonds. The third-order valence-electron chi connectivity index (χ3n) is 4.89. The summed E-state index contributed by atoms with van der Waals surface area (Å²) in [5.74, 6) is 1.94. The van der Waals surface area contributed by atoms with Gasteiger partial charge in [-0.05, 0) is 48.2 Å². The molecule has 0 fully saturated rings. The molecule has 2 aromatic rings. The zero-order chi connectivity index (χ0) is 22.9. The van der Waals surface area contributed by atoms with Crippen LogP contribution in [-0.2, 0) is 13.1 Å². The highest BCUT2D eigenvalue weighted by atomic mass is 35.5. The van der Waals surface area contributed by atoms with Crippen LogP contribution in [0.2, 0.25) is 0 Å². The Morgan fingerprint density at radius 2 is 1.06 bits per heavy atom. The van der Waals surface area contributed by atoms with Crippen LogP contribution in [0.1, 0.15) is 63.5 Å². The lowest BCUT2D eigenvalue weighted by molar-refractivity contribution is 0.306. The largest absolute Gasteiger partial charge is 0.494 e. The fourth-order valence-electron chi connectivity index (χ4n) is 2.99. The summed E-state index contributed by atoms with van der Waals surface area (Å²) in [6, 6.07) is 16.0. The Labute approximate surface area is 204 Å². The average Bonchev–Trinajstić information content (AvgIpc) is 2.81. The van der Waals surface area contributed by atoms with Crippen LogP contribution in [0.3, 0.4) is 0 Å². The van der Waals surface area contributed by atoms with Crippen LogP contribution in [0.5, 0.6) is 11.5 Å². The summed E-state index contributed by atoms with van der Waals surface area (Å²) in [6.45, 7) is 7.09. The molecule has 2 aromatic carbocycles. The highest BCUT2D eigenvalue weighted by Gasteiger charge is 1.99. The van der Waals surface area contributed by atoms with Crippen molar-refractivity contribution in [2.24, 2.45) is 0 Å². The molecule has 0 bridgehead atoms. The normalized spacial score (nSPS) is 10.2. The van der Waals surface area contributed by atoms with E-state index in [1.165, 1.54) is 25.7 Å². The molecule has 0 aliphatic rings. The standard InChI is InChI=1S/C25H39N5O2.ClH/c1-3-5-7-17-31-23-13-9-21(10-14-23)19-27-29-25(26)30-28-20-22-11-15-24(16-12-22)32-18-8-6-4-2;/h9-16,27-28H,3-8,17-20H2,1-2H3,(H3,26,29,30);1H. The van der Waals surface area contributed by atoms with Crippen LogP contribution in [0, 0.1) is 5.41 Å². The van der Waals surface area contributed by atoms with Crippen molar-refractivity contribution < 1.29 is 9.47 Å². The summed E-state index contributed by atoms with van der Waals surface area (Å²) < 4.78 is 11.4. The maximum Gasteiger partial charge on any atom is 0.217 e. The molecule has 2 rings (SSSR count). The number of benzene rings is 2. The van der Waals surface area contributed by atoms with Gasteiger partial charge in [-0.3, -0.25) is 16.3 Å². The number of guanidine groups is 1. The maximum absolute atomic E-state index is 7.92. The SMILES string of the molecule is CCCCCOc1ccc(CNNC(=N)NNCc2ccc(OCCCCC)cc2)cc1.Cl. The number of hydrogen-bond donors (Lipinski definition) is 5. The zero-order valence-electron chi connectivity index (χ0n) is 19.9. The van der Waals surface area contributed by atoms with Gasteiger partial charge in [-0.25, -0.2) is 10.9 Å². The highest BCUT2D eigenvalue weighted by molar-refractivity contribution is 5.85. The first-order valence-electron chi connectivity index (χ1n) is 11.7. The van der Waals surface area contributed by atoms with Gasteiger partial charge in [0.25, 0.3) is 0 Å². The molecule has 0 heterocycles. The molecule has 0 radical (unpaired) electrons. The molecular weight excluding hydrogens is 438 g/mol. The van der Waals surface area contributed by atoms with E-state index >= 15 is 0 Å². The van der Waals surface area contributed by atoms with E-state index in [0.717, 1.165) is 48.7 Å². The highest BCUT2D eigenvalue weighted by Crippen LogP contribution is 2.13. The van der Waals surface area contributed by atoms with E-state index in [1.54, 1.807) is 0 Å². The Kier molecular flexibility index (Phi) is 15.6. The lowest BCUT2D eigenvalue weighted by atomic mass is 10.2. The Morgan fingerprint density at radius 1 is 0.667 bits per heavy atom. The maximum atomic E-state index is 7.92. The molecule has 0 aliphatic heterocycles. The fraction of sp³-hybridized carbons (Fsp3) is 0.480. The third-order valence-corrected chi connectivity index (χ3v) is 4.89. The second-order valence-electron chi connectivity index (χ2n) is 7.73. The molecule has 0 atom stereocenters. The van der Waals surface area contributed by atoms with Crippen molar-refractivity contribution in [2.75, 3.05) is 13.2 Å². The minimum Gasteiger partial charge on any atom is -0.494 e. The van der Waals surface area contributed by atoms with E-state index in [9.17, 15) is 0 Å². The van der Waals surface area contributed by atoms with Crippen molar-refractivity contribution in [3.8, 4) is 11.5 Å². The van der Waals surface area contributed by atoms with Gasteiger partial charge in [-0.1, -0.05) is 63.8 Å². The molecule has 33 heavy (non-hydrogen) atoms. The van der Waals surface area contributed by atoms with Gasteiger partial charge in [0.05, 0.1) is 13.2 Å². The third kappa shape index (κ3) is 13.0. The van der Waals surface area contributed by atoms with Gasteiger partial charge in [-0.15, -0.1) is 12.4 Å². The van der Waals surface area contributed by atoms with Gasteiger partial charge in [0.2, 0.25) is 5.96 Å². The number of ether oxygens (including phenoxy) is 2. The summed E-state index contributed by atoms with van der Waals surface area (Å²) in [7, 11) is 0. The molecular formula is C25H40ClN5O2. The first kappa shape index (κ1) is 28.6. The van der Waals surface area contributed by atoms with Crippen molar-refractivity contribution in [3.05, 3.63) is 59.7 Å². The summed E-state index contributed by atoms with van der Waals surface area (Å²) in [5, 5.41) is 7.92. The lowest BCUT2D eigenvalue weighted by Gasteiger charge is -2.13. The lowest BCUT2D eigenvalue weighted by Crippen LogP contribution is -2.49. The van der Waals surface area contributed by atoms with Crippen molar-refractivity contribution >= 4 is 18.4 Å². The van der Waals surface area contributed by atoms with Crippen LogP contribution in [0.25, 0.3) is 0 Å². The molecule has 8 heteroatoms. The Hall–Kier alpha value is -2.48. The summed E-state index contributed by atoms with van der Waals surface area (Å²) in [4.78, 5) is 0. The van der Waals surface area contributed by atoms with Gasteiger partial charge in [-0.2, -0.15) is 0 Å². The predicted molar refractivity (Wildman–Crippen MR) is 138 cm³/mol. The van der Waals surface area contributed by atoms with Gasteiger partial charge in [0.1, 0.15) is 11.5 Å². The van der Waals surface area contributed by atoms with Crippen LogP contribution in [0.4, 0.5) is 0 Å². The minimum atomic E-state index is 0. The van der Waals surface area contributed by atoms with E-state index in [-0.39, 0.29) is 18.4 Å². The molecule has 0 saturated heterocycles. The van der Waals surface area contributed by atoms with Crippen molar-refractivity contribution in [2.45, 2.75) is 65.5 Å². The van der Waals surface area contributed by atoms with Crippen molar-refractivity contribution in [3.63, 3.8) is 0 Å². The van der Waals surface area contributed by atoms with Gasteiger partial charge >= 0.3 is 0 Å². The monoisotopic (exact) mass is 477 g/mol. The van der Waals surface area contributed by atoms with Crippen LogP contribution >= 0.6 is 12.4 Å². The van der Waals surface area contributed by atoms with Crippen LogP contribution in [0.15, 0.2) is 48.5 Å². The number of unbranched alkanes of at least 4 members (excludes halogenated alkanes) is 4. The van der Waals surface area contributed by atoms with Crippen LogP contribution in [-0.4, -0.2) is 19.2 Å². The van der Waals surface area contributed by atoms with E-state index in [0.29, 0.717) is 13.1 Å². The second kappa shape index (κ2) is 18.0. The molecule has 0 unspecified atom stereocenters. The molecule has 7 nitrogen and oxygen atoms in total. The Balaban J connectivity index is 0.00000544. The smallest absolute Gasteiger partial charge is 0.217 e. The average molecular weight is 478 g/mol. The van der Waals surface area contributed by atoms with E-state index in [2.05, 4.69) is 35.6 Å². The van der Waals surface area contributed by atoms with E-state index in [4.69, 9.17) is 14.9 Å². The van der Waals surface area contributed by atoms with Crippen molar-refractivity contribution in [1.29, 1.82) is 5.41 Å². The number of rotatable bonds is 16. The number of halogens is 1. The molecule has 0 aromatic heterocycles. The molecule has 184 valence electrons. The van der Waals surface area contributed by atoms with Gasteiger partial charge < -0.3 is 9.47 Å². The first-order chi connectivity index (χ1) is 15.7. The number of hydrazine groups is 2. The number of nitrogens with one attached hydrogen (secondary N) is 5. The van der Waals surface area contributed by atoms with Gasteiger partial charge in [0.15, 0.2) is 0 Å². The summed E-state index contributed by atoms with van der Waals surface area (Å²) in [5.41, 5.74) is 13.9. The first-order valence-corrected chi connectivity index (χ1v) is 11.7. The number of hydrogen-bond acceptors (Lipinski definition) is 5. The quantitative estimate of drug-likeness (QED) is 0.100. The molecule has 0 aliphatic carbocycles. The molecule has 0 saturated carbocycles. The predicted octanol–water partition coefficient (Wildman–Crippen LogP) is 5.07. The second-order valence-corrected chi connectivity index (χ2v) is 7.73. The van der Waals surface area contributed by atoms with Crippen LogP contribution < -0.4 is 31.2 Å². The molecule has 0 spiro atoms. The zero-order valence-corrected chi connectivity index (χ0v) is 20.7. The Bertz CT molecular complexity index is 693. The fourth-order valence-corrected chi connectivity index (χ4v) is 2.99. The van der Waals surface area contributed by atoms with Gasteiger partial charge in [0, 0.05) is 13.1 Å². The Morgan fingerprint density at radius 3 is 1.42 bits per heavy atom. The summed E-state index contributed by atoms with van der Waals surface area (Å²) in [6.07, 6.45) is 6.97. The minimum absolute atomic E-state index is 0. The van der Waals surface area contributed by atoms with E-state index < -0.39 is 0 Å². The molecule has 5 N–H and O–H groups in total. The van der Waals surface area contributed by atoms with Crippen molar-refractivity contribution in [1.82, 2.24) is 21.7 Å². The topological polar surface area (TPSA) is 90.4 Å².